The van der Waals surface area contributed by atoms with Crippen molar-refractivity contribution in [1.82, 2.24) is 0 Å². The van der Waals surface area contributed by atoms with E-state index in [1.54, 1.807) is 0 Å². The predicted octanol–water partition coefficient (Wildman–Crippen LogP) is 3.22. The molecule has 148 valence electrons. The monoisotopic (exact) mass is 372 g/mol. The predicted molar refractivity (Wildman–Crippen MR) is 102 cm³/mol. The molecular formula is C23H32O4. The molecule has 0 saturated heterocycles. The van der Waals surface area contributed by atoms with E-state index in [9.17, 15) is 15.0 Å². The topological polar surface area (TPSA) is 66.8 Å². The zero-order valence-corrected chi connectivity index (χ0v) is 16.7. The summed E-state index contributed by atoms with van der Waals surface area (Å²) in [5.41, 5.74) is -0.256. The third-order valence-electron chi connectivity index (χ3n) is 8.81. The lowest BCUT2D eigenvalue weighted by molar-refractivity contribution is -0.163. The smallest absolute Gasteiger partial charge is 0.303 e. The Balaban J connectivity index is 1.70. The van der Waals surface area contributed by atoms with Crippen molar-refractivity contribution in [2.24, 2.45) is 28.6 Å². The Labute approximate surface area is 162 Å². The number of esters is 1. The summed E-state index contributed by atoms with van der Waals surface area (Å²) in [4.78, 5) is 11.6. The number of ether oxygens (including phenoxy) is 1. The van der Waals surface area contributed by atoms with Crippen LogP contribution in [-0.4, -0.2) is 34.0 Å². The van der Waals surface area contributed by atoms with E-state index in [0.29, 0.717) is 18.3 Å². The van der Waals surface area contributed by atoms with Gasteiger partial charge in [0.05, 0.1) is 6.10 Å². The first-order valence-corrected chi connectivity index (χ1v) is 10.4. The molecular weight excluding hydrogens is 340 g/mol. The van der Waals surface area contributed by atoms with E-state index < -0.39 is 17.1 Å². The Morgan fingerprint density at radius 3 is 2.67 bits per heavy atom. The summed E-state index contributed by atoms with van der Waals surface area (Å²) in [7, 11) is 0. The lowest BCUT2D eigenvalue weighted by Gasteiger charge is -2.58. The van der Waals surface area contributed by atoms with Gasteiger partial charge in [-0.05, 0) is 68.1 Å². The minimum atomic E-state index is -1.39. The standard InChI is InChI=1S/C23H32O4/c1-5-23(26)20(27-14(2)24)13-19-17-7-6-15-12-16(25)8-10-21(15,3)18(17)9-11-22(19,23)4/h1,12,16-20,25-26H,6-11,13H2,2-4H3/t16-,17-,18+,19+,20-,21+,22+,23+/m1/s1. The molecule has 3 fully saturated rings. The SMILES string of the molecule is C#C[C@]1(O)[C@H](OC(C)=O)C[C@H]2[C@@H]3CCC4=C[C@H](O)CC[C@]4(C)[C@H]3CC[C@@]21C. The average molecular weight is 373 g/mol. The zero-order chi connectivity index (χ0) is 19.6. The van der Waals surface area contributed by atoms with Gasteiger partial charge < -0.3 is 14.9 Å². The highest BCUT2D eigenvalue weighted by Gasteiger charge is 2.68. The van der Waals surface area contributed by atoms with Crippen LogP contribution < -0.4 is 0 Å². The van der Waals surface area contributed by atoms with E-state index >= 15 is 0 Å². The third kappa shape index (κ3) is 2.47. The zero-order valence-electron chi connectivity index (χ0n) is 16.7. The molecule has 0 heterocycles. The van der Waals surface area contributed by atoms with Gasteiger partial charge in [0.2, 0.25) is 0 Å². The van der Waals surface area contributed by atoms with E-state index in [2.05, 4.69) is 25.8 Å². The van der Waals surface area contributed by atoms with Gasteiger partial charge >= 0.3 is 5.97 Å². The van der Waals surface area contributed by atoms with Crippen LogP contribution in [0.1, 0.15) is 65.7 Å². The van der Waals surface area contributed by atoms with Gasteiger partial charge in [-0.1, -0.05) is 31.4 Å². The molecule has 0 aromatic carbocycles. The molecule has 8 atom stereocenters. The fourth-order valence-electron chi connectivity index (χ4n) is 7.30. The number of fused-ring (bicyclic) bond motifs is 5. The maximum Gasteiger partial charge on any atom is 0.303 e. The largest absolute Gasteiger partial charge is 0.458 e. The number of hydrogen-bond donors (Lipinski definition) is 2. The molecule has 2 N–H and O–H groups in total. The number of rotatable bonds is 1. The van der Waals surface area contributed by atoms with Crippen molar-refractivity contribution in [3.8, 4) is 12.3 Å². The minimum absolute atomic E-state index is 0.136. The molecule has 0 unspecified atom stereocenters. The highest BCUT2D eigenvalue weighted by Crippen LogP contribution is 2.67. The van der Waals surface area contributed by atoms with Crippen molar-refractivity contribution in [1.29, 1.82) is 0 Å². The second-order valence-corrected chi connectivity index (χ2v) is 9.83. The summed E-state index contributed by atoms with van der Waals surface area (Å²) >= 11 is 0. The number of aliphatic hydroxyl groups is 2. The molecule has 27 heavy (non-hydrogen) atoms. The van der Waals surface area contributed by atoms with Gasteiger partial charge in [0, 0.05) is 12.3 Å². The van der Waals surface area contributed by atoms with Crippen molar-refractivity contribution in [2.75, 3.05) is 0 Å². The van der Waals surface area contributed by atoms with Crippen LogP contribution in [0.5, 0.6) is 0 Å². The molecule has 0 aromatic heterocycles. The normalized spacial score (nSPS) is 51.3. The van der Waals surface area contributed by atoms with Crippen LogP contribution in [0.4, 0.5) is 0 Å². The summed E-state index contributed by atoms with van der Waals surface area (Å²) in [5, 5.41) is 21.5. The Morgan fingerprint density at radius 2 is 2.00 bits per heavy atom. The molecule has 0 radical (unpaired) electrons. The van der Waals surface area contributed by atoms with Crippen molar-refractivity contribution in [2.45, 2.75) is 83.5 Å². The van der Waals surface area contributed by atoms with Crippen LogP contribution in [0, 0.1) is 40.9 Å². The quantitative estimate of drug-likeness (QED) is 0.421. The molecule has 0 bridgehead atoms. The number of aliphatic hydroxyl groups excluding tert-OH is 1. The molecule has 4 aliphatic carbocycles. The fraction of sp³-hybridized carbons (Fsp3) is 0.783. The van der Waals surface area contributed by atoms with Gasteiger partial charge in [0.25, 0.3) is 0 Å². The number of hydrogen-bond acceptors (Lipinski definition) is 4. The first-order valence-electron chi connectivity index (χ1n) is 10.4. The van der Waals surface area contributed by atoms with Crippen molar-refractivity contribution in [3.63, 3.8) is 0 Å². The molecule has 3 saturated carbocycles. The molecule has 0 spiro atoms. The second kappa shape index (κ2) is 6.09. The molecule has 4 nitrogen and oxygen atoms in total. The molecule has 4 rings (SSSR count). The number of carbonyl (C=O) groups is 1. The molecule has 4 heteroatoms. The summed E-state index contributed by atoms with van der Waals surface area (Å²) in [6, 6.07) is 0. The Hall–Kier alpha value is -1.31. The maximum absolute atomic E-state index is 11.6. The first-order chi connectivity index (χ1) is 12.7. The van der Waals surface area contributed by atoms with E-state index in [1.807, 2.05) is 0 Å². The summed E-state index contributed by atoms with van der Waals surface area (Å²) in [6.07, 6.45) is 13.4. The summed E-state index contributed by atoms with van der Waals surface area (Å²) in [5.74, 6) is 3.53. The molecule has 4 aliphatic rings. The summed E-state index contributed by atoms with van der Waals surface area (Å²) < 4.78 is 5.52. The third-order valence-corrected chi connectivity index (χ3v) is 8.81. The highest BCUT2D eigenvalue weighted by molar-refractivity contribution is 5.66. The van der Waals surface area contributed by atoms with Crippen molar-refractivity contribution in [3.05, 3.63) is 11.6 Å². The van der Waals surface area contributed by atoms with Gasteiger partial charge in [-0.15, -0.1) is 6.42 Å². The molecule has 0 aromatic rings. The van der Waals surface area contributed by atoms with Crippen LogP contribution >= 0.6 is 0 Å². The van der Waals surface area contributed by atoms with Crippen molar-refractivity contribution >= 4 is 5.97 Å². The van der Waals surface area contributed by atoms with E-state index in [4.69, 9.17) is 11.2 Å². The van der Waals surface area contributed by atoms with Crippen LogP contribution in [0.15, 0.2) is 11.6 Å². The lowest BCUT2D eigenvalue weighted by Crippen LogP contribution is -2.56. The number of carbonyl (C=O) groups excluding carboxylic acids is 1. The maximum atomic E-state index is 11.6. The van der Waals surface area contributed by atoms with Gasteiger partial charge in [-0.2, -0.15) is 0 Å². The first kappa shape index (κ1) is 19.0. The van der Waals surface area contributed by atoms with Gasteiger partial charge in [-0.25, -0.2) is 0 Å². The highest BCUT2D eigenvalue weighted by atomic mass is 16.6. The van der Waals surface area contributed by atoms with E-state index in [-0.39, 0.29) is 23.4 Å². The second-order valence-electron chi connectivity index (χ2n) is 9.83. The molecule has 0 aliphatic heterocycles. The van der Waals surface area contributed by atoms with Crippen LogP contribution in [0.25, 0.3) is 0 Å². The van der Waals surface area contributed by atoms with E-state index in [0.717, 1.165) is 38.5 Å². The minimum Gasteiger partial charge on any atom is -0.458 e. The Kier molecular flexibility index (Phi) is 4.29. The summed E-state index contributed by atoms with van der Waals surface area (Å²) in [6.45, 7) is 5.86. The van der Waals surface area contributed by atoms with Gasteiger partial charge in [0.15, 0.2) is 5.60 Å². The van der Waals surface area contributed by atoms with Crippen molar-refractivity contribution < 1.29 is 19.7 Å². The Bertz CT molecular complexity index is 720. The number of allylic oxidation sites excluding steroid dienone is 1. The number of terminal acetylenes is 1. The van der Waals surface area contributed by atoms with Crippen LogP contribution in [0.2, 0.25) is 0 Å². The fourth-order valence-corrected chi connectivity index (χ4v) is 7.30. The van der Waals surface area contributed by atoms with E-state index in [1.165, 1.54) is 12.5 Å². The van der Waals surface area contributed by atoms with Crippen LogP contribution in [-0.2, 0) is 9.53 Å². The van der Waals surface area contributed by atoms with Crippen LogP contribution in [0.3, 0.4) is 0 Å². The molecule has 0 amide bonds. The lowest BCUT2D eigenvalue weighted by atomic mass is 9.46. The Morgan fingerprint density at radius 1 is 1.26 bits per heavy atom. The van der Waals surface area contributed by atoms with Gasteiger partial charge in [-0.3, -0.25) is 4.79 Å². The average Bonchev–Trinajstić information content (AvgIpc) is 2.83. The van der Waals surface area contributed by atoms with Gasteiger partial charge in [0.1, 0.15) is 6.10 Å².